The molecule has 5 rings (SSSR count). The van der Waals surface area contributed by atoms with Crippen molar-refractivity contribution in [2.24, 2.45) is 0 Å². The molecule has 236 valence electrons. The number of carbonyl (C=O) groups excluding carboxylic acids is 1. The second-order valence-corrected chi connectivity index (χ2v) is 14.0. The second-order valence-electron chi connectivity index (χ2n) is 11.3. The van der Waals surface area contributed by atoms with Crippen molar-refractivity contribution in [3.63, 3.8) is 0 Å². The van der Waals surface area contributed by atoms with Gasteiger partial charge in [-0.1, -0.05) is 6.42 Å². The van der Waals surface area contributed by atoms with Crippen molar-refractivity contribution in [3.8, 4) is 5.75 Å². The van der Waals surface area contributed by atoms with Crippen molar-refractivity contribution < 1.29 is 32.5 Å². The van der Waals surface area contributed by atoms with Crippen molar-refractivity contribution in [3.05, 3.63) is 58.5 Å². The molecule has 0 aliphatic carbocycles. The first-order chi connectivity index (χ1) is 20.9. The van der Waals surface area contributed by atoms with E-state index in [-0.39, 0.29) is 43.0 Å². The number of benzene rings is 1. The Kier molecular flexibility index (Phi) is 11.1. The number of allylic oxidation sites excluding steroid dienone is 1. The van der Waals surface area contributed by atoms with E-state index in [1.165, 1.54) is 42.8 Å². The molecule has 0 spiro atoms. The summed E-state index contributed by atoms with van der Waals surface area (Å²) in [5, 5.41) is 13.7. The first kappa shape index (κ1) is 31.9. The zero-order valence-corrected chi connectivity index (χ0v) is 26.4. The molecular formula is C31H43N3O7S2. The number of hydrogen-bond donors (Lipinski definition) is 1. The van der Waals surface area contributed by atoms with E-state index in [2.05, 4.69) is 10.3 Å². The van der Waals surface area contributed by atoms with E-state index >= 15 is 0 Å². The van der Waals surface area contributed by atoms with Gasteiger partial charge in [-0.05, 0) is 91.5 Å². The van der Waals surface area contributed by atoms with E-state index < -0.39 is 16.3 Å². The maximum Gasteiger partial charge on any atom is 0.288 e. The van der Waals surface area contributed by atoms with Crippen molar-refractivity contribution in [1.29, 1.82) is 0 Å². The van der Waals surface area contributed by atoms with Crippen LogP contribution in [0.1, 0.15) is 50.0 Å². The van der Waals surface area contributed by atoms with E-state index in [9.17, 15) is 18.3 Å². The highest BCUT2D eigenvalue weighted by molar-refractivity contribution is 7.89. The molecule has 2 fully saturated rings. The van der Waals surface area contributed by atoms with Crippen LogP contribution in [-0.2, 0) is 24.3 Å². The summed E-state index contributed by atoms with van der Waals surface area (Å²) in [6.45, 7) is 3.39. The van der Waals surface area contributed by atoms with Crippen molar-refractivity contribution in [2.45, 2.75) is 61.7 Å². The molecule has 43 heavy (non-hydrogen) atoms. The number of likely N-dealkylation sites (tertiary alicyclic amines) is 2. The summed E-state index contributed by atoms with van der Waals surface area (Å²) in [5.74, 6) is 0.679. The molecule has 3 aliphatic heterocycles. The first-order valence-electron chi connectivity index (χ1n) is 15.2. The highest BCUT2D eigenvalue weighted by Crippen LogP contribution is 2.34. The van der Waals surface area contributed by atoms with E-state index in [1.807, 2.05) is 22.4 Å². The largest absolute Gasteiger partial charge is 0.497 e. The Morgan fingerprint density at radius 3 is 2.47 bits per heavy atom. The Morgan fingerprint density at radius 1 is 1.07 bits per heavy atom. The monoisotopic (exact) mass is 633 g/mol. The van der Waals surface area contributed by atoms with E-state index in [0.717, 1.165) is 31.5 Å². The third kappa shape index (κ3) is 7.98. The molecule has 2 atom stereocenters. The maximum atomic E-state index is 13.6. The molecule has 1 aromatic carbocycles. The topological polar surface area (TPSA) is 109 Å². The number of amides is 1. The summed E-state index contributed by atoms with van der Waals surface area (Å²) in [6, 6.07) is 8.71. The predicted octanol–water partition coefficient (Wildman–Crippen LogP) is 3.65. The highest BCUT2D eigenvalue weighted by atomic mass is 32.2. The van der Waals surface area contributed by atoms with Crippen LogP contribution < -0.4 is 4.74 Å². The van der Waals surface area contributed by atoms with Crippen molar-refractivity contribution in [2.75, 3.05) is 59.6 Å². The average Bonchev–Trinajstić information content (AvgIpc) is 3.60. The number of rotatable bonds is 12. The van der Waals surface area contributed by atoms with Gasteiger partial charge in [0.25, 0.3) is 5.91 Å². The molecule has 12 heteroatoms. The van der Waals surface area contributed by atoms with Gasteiger partial charge in [-0.3, -0.25) is 4.79 Å². The Labute approximate surface area is 258 Å². The Morgan fingerprint density at radius 2 is 1.81 bits per heavy atom. The lowest BCUT2D eigenvalue weighted by molar-refractivity contribution is -0.153. The molecule has 2 aromatic rings. The molecule has 0 bridgehead atoms. The molecule has 10 nitrogen and oxygen atoms in total. The fourth-order valence-electron chi connectivity index (χ4n) is 6.15. The Hall–Kier alpha value is -2.48. The zero-order chi connectivity index (χ0) is 30.2. The van der Waals surface area contributed by atoms with E-state index in [4.69, 9.17) is 14.2 Å². The number of methoxy groups -OCH3 is 1. The Bertz CT molecular complexity index is 1300. The van der Waals surface area contributed by atoms with Crippen LogP contribution in [0.4, 0.5) is 0 Å². The number of sulfonamides is 1. The van der Waals surface area contributed by atoms with Crippen LogP contribution in [0.15, 0.2) is 57.8 Å². The number of carbonyl (C=O) groups is 1. The van der Waals surface area contributed by atoms with Crippen LogP contribution in [0.5, 0.6) is 5.75 Å². The quantitative estimate of drug-likeness (QED) is 0.378. The van der Waals surface area contributed by atoms with Gasteiger partial charge in [0.1, 0.15) is 5.75 Å². The molecule has 3 aliphatic rings. The maximum absolute atomic E-state index is 13.6. The van der Waals surface area contributed by atoms with Gasteiger partial charge >= 0.3 is 0 Å². The van der Waals surface area contributed by atoms with Crippen LogP contribution in [0, 0.1) is 0 Å². The summed E-state index contributed by atoms with van der Waals surface area (Å²) in [5.41, 5.74) is 1.10. The molecule has 0 radical (unpaired) electrons. The number of piperidine rings is 2. The van der Waals surface area contributed by atoms with Gasteiger partial charge in [0.15, 0.2) is 5.76 Å². The van der Waals surface area contributed by atoms with Gasteiger partial charge in [0.05, 0.1) is 25.2 Å². The summed E-state index contributed by atoms with van der Waals surface area (Å²) < 4.78 is 45.1. The summed E-state index contributed by atoms with van der Waals surface area (Å²) in [7, 11) is -2.35. The summed E-state index contributed by atoms with van der Waals surface area (Å²) in [4.78, 5) is 18.2. The van der Waals surface area contributed by atoms with Gasteiger partial charge in [-0.15, -0.1) is 0 Å². The van der Waals surface area contributed by atoms with Gasteiger partial charge in [0, 0.05) is 44.6 Å². The molecular weight excluding hydrogens is 590 g/mol. The minimum absolute atomic E-state index is 0.0227. The van der Waals surface area contributed by atoms with Gasteiger partial charge in [0.2, 0.25) is 16.3 Å². The first-order valence-corrected chi connectivity index (χ1v) is 17.6. The van der Waals surface area contributed by atoms with Crippen LogP contribution in [0.3, 0.4) is 0 Å². The fourth-order valence-corrected chi connectivity index (χ4v) is 8.29. The SMILES string of the molecule is COc1ccc(S(=O)(=O)N(CCO)CCO[C@@H]2C[C@H](c3ccsc3)C=C(C(=O)N3CCC(N4CCCCC4)CC3)O2)cc1. The molecule has 0 unspecified atom stereocenters. The number of ether oxygens (including phenoxy) is 3. The average molecular weight is 634 g/mol. The standard InChI is InChI=1S/C31H43N3O7S2/c1-39-27-5-7-28(8-6-27)43(37,38)34(16-18-35)17-19-40-30-22-25(24-11-20-42-23-24)21-29(41-30)31(36)33-14-9-26(10-15-33)32-12-3-2-4-13-32/h5-8,11,20-21,23,25-26,30,35H,2-4,9-10,12-19,22H2,1H3/t25-,30+/m1/s1. The zero-order valence-electron chi connectivity index (χ0n) is 24.8. The lowest BCUT2D eigenvalue weighted by Gasteiger charge is -2.40. The fraction of sp³-hybridized carbons (Fsp3) is 0.581. The van der Waals surface area contributed by atoms with Gasteiger partial charge < -0.3 is 29.1 Å². The van der Waals surface area contributed by atoms with Crippen LogP contribution in [0.2, 0.25) is 0 Å². The Balaban J connectivity index is 1.21. The van der Waals surface area contributed by atoms with Gasteiger partial charge in [-0.2, -0.15) is 15.6 Å². The third-order valence-corrected chi connectivity index (χ3v) is 11.2. The number of thiophene rings is 1. The minimum Gasteiger partial charge on any atom is -0.497 e. The number of hydrogen-bond acceptors (Lipinski definition) is 9. The molecule has 4 heterocycles. The van der Waals surface area contributed by atoms with Crippen LogP contribution in [0.25, 0.3) is 0 Å². The normalized spacial score (nSPS) is 22.3. The lowest BCUT2D eigenvalue weighted by atomic mass is 9.94. The van der Waals surface area contributed by atoms with Crippen molar-refractivity contribution >= 4 is 27.3 Å². The molecule has 2 saturated heterocycles. The van der Waals surface area contributed by atoms with Crippen molar-refractivity contribution in [1.82, 2.24) is 14.1 Å². The molecule has 1 amide bonds. The molecule has 1 N–H and O–H groups in total. The predicted molar refractivity (Wildman–Crippen MR) is 164 cm³/mol. The van der Waals surface area contributed by atoms with Crippen LogP contribution >= 0.6 is 11.3 Å². The number of aliphatic hydroxyl groups is 1. The summed E-state index contributed by atoms with van der Waals surface area (Å²) in [6.07, 6.45) is 7.48. The molecule has 0 saturated carbocycles. The van der Waals surface area contributed by atoms with E-state index in [0.29, 0.717) is 37.1 Å². The number of nitrogens with zero attached hydrogens (tertiary/aromatic N) is 3. The van der Waals surface area contributed by atoms with Gasteiger partial charge in [-0.25, -0.2) is 8.42 Å². The number of aliphatic hydroxyl groups excluding tert-OH is 1. The molecule has 1 aromatic heterocycles. The van der Waals surface area contributed by atoms with E-state index in [1.54, 1.807) is 23.5 Å². The lowest BCUT2D eigenvalue weighted by Crippen LogP contribution is -2.49. The minimum atomic E-state index is -3.87. The summed E-state index contributed by atoms with van der Waals surface area (Å²) >= 11 is 1.60. The van der Waals surface area contributed by atoms with Crippen LogP contribution in [-0.4, -0.2) is 105 Å². The smallest absolute Gasteiger partial charge is 0.288 e. The highest BCUT2D eigenvalue weighted by Gasteiger charge is 2.34. The third-order valence-electron chi connectivity index (χ3n) is 8.59. The second kappa shape index (κ2) is 15.0.